The van der Waals surface area contributed by atoms with Crippen molar-refractivity contribution in [3.05, 3.63) is 49.8 Å². The molecule has 1 heterocycles. The van der Waals surface area contributed by atoms with Crippen LogP contribution in [0, 0.1) is 21.0 Å². The van der Waals surface area contributed by atoms with E-state index in [0.717, 1.165) is 6.33 Å². The van der Waals surface area contributed by atoms with Crippen LogP contribution in [-0.4, -0.2) is 9.97 Å². The van der Waals surface area contributed by atoms with Gasteiger partial charge in [0.15, 0.2) is 17.5 Å². The van der Waals surface area contributed by atoms with Gasteiger partial charge >= 0.3 is 0 Å². The minimum atomic E-state index is -1.11. The van der Waals surface area contributed by atoms with E-state index in [-0.39, 0.29) is 9.39 Å². The zero-order valence-electron chi connectivity index (χ0n) is 8.60. The number of H-pyrrole nitrogens is 1. The monoisotopic (exact) mass is 367 g/mol. The number of aromatic amines is 1. The van der Waals surface area contributed by atoms with Gasteiger partial charge in [-0.2, -0.15) is 0 Å². The van der Waals surface area contributed by atoms with Crippen molar-refractivity contribution in [2.75, 3.05) is 5.32 Å². The molecule has 0 saturated carbocycles. The summed E-state index contributed by atoms with van der Waals surface area (Å²) < 4.78 is 39.6. The van der Waals surface area contributed by atoms with Crippen molar-refractivity contribution in [3.63, 3.8) is 0 Å². The van der Waals surface area contributed by atoms with Gasteiger partial charge in [-0.3, -0.25) is 4.79 Å². The summed E-state index contributed by atoms with van der Waals surface area (Å²) >= 11 is 1.67. The van der Waals surface area contributed by atoms with Crippen molar-refractivity contribution < 1.29 is 13.2 Å². The topological polar surface area (TPSA) is 57.8 Å². The predicted octanol–water partition coefficient (Wildman–Crippen LogP) is 2.54. The minimum absolute atomic E-state index is 0.0104. The van der Waals surface area contributed by atoms with Gasteiger partial charge in [-0.1, -0.05) is 0 Å². The molecule has 18 heavy (non-hydrogen) atoms. The lowest BCUT2D eigenvalue weighted by molar-refractivity contribution is 0.548. The van der Waals surface area contributed by atoms with Crippen LogP contribution in [0.5, 0.6) is 0 Å². The van der Waals surface area contributed by atoms with Gasteiger partial charge in [0.2, 0.25) is 0 Å². The molecule has 0 fully saturated rings. The molecule has 0 amide bonds. The summed E-state index contributed by atoms with van der Waals surface area (Å²) in [5, 5.41) is 2.32. The van der Waals surface area contributed by atoms with Crippen LogP contribution in [0.25, 0.3) is 0 Å². The second-order valence-electron chi connectivity index (χ2n) is 3.26. The maximum absolute atomic E-state index is 13.4. The number of nitrogens with one attached hydrogen (secondary N) is 2. The Bertz CT molecular complexity index is 636. The summed E-state index contributed by atoms with van der Waals surface area (Å²) in [5.41, 5.74) is -1.01. The summed E-state index contributed by atoms with van der Waals surface area (Å²) in [6.07, 6.45) is 1.09. The zero-order chi connectivity index (χ0) is 13.3. The molecule has 2 rings (SSSR count). The molecular weight excluding hydrogens is 362 g/mol. The quantitative estimate of drug-likeness (QED) is 0.803. The van der Waals surface area contributed by atoms with Crippen molar-refractivity contribution in [2.24, 2.45) is 0 Å². The van der Waals surface area contributed by atoms with E-state index < -0.39 is 28.7 Å². The van der Waals surface area contributed by atoms with E-state index >= 15 is 0 Å². The van der Waals surface area contributed by atoms with Crippen molar-refractivity contribution >= 4 is 34.1 Å². The molecule has 1 aromatic heterocycles. The molecule has 0 aliphatic rings. The van der Waals surface area contributed by atoms with Crippen molar-refractivity contribution in [1.29, 1.82) is 0 Å². The second-order valence-corrected chi connectivity index (χ2v) is 4.34. The Kier molecular flexibility index (Phi) is 3.55. The predicted molar refractivity (Wildman–Crippen MR) is 67.2 cm³/mol. The first kappa shape index (κ1) is 12.9. The lowest BCUT2D eigenvalue weighted by atomic mass is 10.2. The summed E-state index contributed by atoms with van der Waals surface area (Å²) in [6.45, 7) is 0. The number of anilines is 2. The average molecular weight is 367 g/mol. The molecule has 0 bridgehead atoms. The Hall–Kier alpha value is -1.58. The third-order valence-corrected chi connectivity index (χ3v) is 3.05. The summed E-state index contributed by atoms with van der Waals surface area (Å²) in [5.74, 6) is -3.25. The maximum Gasteiger partial charge on any atom is 0.266 e. The van der Waals surface area contributed by atoms with Crippen molar-refractivity contribution in [2.45, 2.75) is 0 Å². The minimum Gasteiger partial charge on any atom is -0.334 e. The van der Waals surface area contributed by atoms with Crippen LogP contribution in [-0.2, 0) is 0 Å². The molecule has 8 heteroatoms. The van der Waals surface area contributed by atoms with E-state index in [1.165, 1.54) is 0 Å². The highest BCUT2D eigenvalue weighted by Crippen LogP contribution is 2.24. The number of nitrogens with zero attached hydrogens (tertiary/aromatic N) is 1. The van der Waals surface area contributed by atoms with E-state index in [2.05, 4.69) is 15.3 Å². The largest absolute Gasteiger partial charge is 0.334 e. The van der Waals surface area contributed by atoms with Gasteiger partial charge < -0.3 is 10.3 Å². The first-order valence-corrected chi connectivity index (χ1v) is 5.71. The normalized spacial score (nSPS) is 10.4. The van der Waals surface area contributed by atoms with Crippen LogP contribution in [0.15, 0.2) is 23.3 Å². The number of aromatic nitrogens is 2. The van der Waals surface area contributed by atoms with Crippen LogP contribution in [0.4, 0.5) is 24.7 Å². The number of benzene rings is 1. The van der Waals surface area contributed by atoms with Gasteiger partial charge in [0, 0.05) is 12.1 Å². The standard InChI is InChI=1S/C10H5F3IN3O/c11-4-1-5(12)8(6(13)2-4)17-9-7(14)10(18)16-3-15-9/h1-3H,(H2,15,16,17,18). The molecule has 0 aliphatic carbocycles. The van der Waals surface area contributed by atoms with Crippen LogP contribution in [0.1, 0.15) is 0 Å². The Morgan fingerprint density at radius 1 is 1.22 bits per heavy atom. The molecule has 2 aromatic rings. The fraction of sp³-hybridized carbons (Fsp3) is 0. The first-order valence-electron chi connectivity index (χ1n) is 4.64. The molecule has 0 aliphatic heterocycles. The van der Waals surface area contributed by atoms with Crippen LogP contribution < -0.4 is 10.9 Å². The lowest BCUT2D eigenvalue weighted by Gasteiger charge is -2.08. The number of hydrogen-bond acceptors (Lipinski definition) is 3. The third kappa shape index (κ3) is 2.47. The molecule has 2 N–H and O–H groups in total. The highest BCUT2D eigenvalue weighted by Gasteiger charge is 2.14. The van der Waals surface area contributed by atoms with E-state index in [9.17, 15) is 18.0 Å². The van der Waals surface area contributed by atoms with Gasteiger partial charge in [0.1, 0.15) is 15.1 Å². The molecule has 4 nitrogen and oxygen atoms in total. The fourth-order valence-corrected chi connectivity index (χ4v) is 1.68. The number of halogens is 4. The number of hydrogen-bond donors (Lipinski definition) is 2. The molecular formula is C10H5F3IN3O. The highest BCUT2D eigenvalue weighted by atomic mass is 127. The van der Waals surface area contributed by atoms with Crippen molar-refractivity contribution in [1.82, 2.24) is 9.97 Å². The van der Waals surface area contributed by atoms with E-state index in [0.29, 0.717) is 12.1 Å². The van der Waals surface area contributed by atoms with E-state index in [4.69, 9.17) is 0 Å². The SMILES string of the molecule is O=c1[nH]cnc(Nc2c(F)cc(F)cc2F)c1I. The summed E-state index contributed by atoms with van der Waals surface area (Å²) in [4.78, 5) is 17.3. The Morgan fingerprint density at radius 2 is 1.83 bits per heavy atom. The lowest BCUT2D eigenvalue weighted by Crippen LogP contribution is -2.13. The van der Waals surface area contributed by atoms with Crippen LogP contribution in [0.3, 0.4) is 0 Å². The third-order valence-electron chi connectivity index (χ3n) is 2.05. The van der Waals surface area contributed by atoms with Gasteiger partial charge in [0.25, 0.3) is 5.56 Å². The maximum atomic E-state index is 13.4. The van der Waals surface area contributed by atoms with E-state index in [1.54, 1.807) is 22.6 Å². The molecule has 0 spiro atoms. The molecule has 0 saturated heterocycles. The molecule has 94 valence electrons. The van der Waals surface area contributed by atoms with Gasteiger partial charge in [-0.05, 0) is 22.6 Å². The summed E-state index contributed by atoms with van der Waals surface area (Å²) in [6, 6.07) is 1.07. The molecule has 1 aromatic carbocycles. The average Bonchev–Trinajstić information content (AvgIpc) is 2.28. The second kappa shape index (κ2) is 4.96. The Morgan fingerprint density at radius 3 is 2.44 bits per heavy atom. The van der Waals surface area contributed by atoms with Gasteiger partial charge in [-0.15, -0.1) is 0 Å². The van der Waals surface area contributed by atoms with Crippen LogP contribution in [0.2, 0.25) is 0 Å². The van der Waals surface area contributed by atoms with Gasteiger partial charge in [-0.25, -0.2) is 18.2 Å². The Balaban J connectivity index is 2.47. The summed E-state index contributed by atoms with van der Waals surface area (Å²) in [7, 11) is 0. The highest BCUT2D eigenvalue weighted by molar-refractivity contribution is 14.1. The Labute approximate surface area is 112 Å². The van der Waals surface area contributed by atoms with Crippen molar-refractivity contribution in [3.8, 4) is 0 Å². The molecule has 0 unspecified atom stereocenters. The number of rotatable bonds is 2. The fourth-order valence-electron chi connectivity index (χ4n) is 1.25. The molecule has 0 atom stereocenters. The van der Waals surface area contributed by atoms with Crippen LogP contribution >= 0.6 is 22.6 Å². The smallest absolute Gasteiger partial charge is 0.266 e. The zero-order valence-corrected chi connectivity index (χ0v) is 10.8. The molecule has 0 radical (unpaired) electrons. The van der Waals surface area contributed by atoms with E-state index in [1.807, 2.05) is 0 Å². The van der Waals surface area contributed by atoms with Gasteiger partial charge in [0.05, 0.1) is 6.33 Å². The first-order chi connectivity index (χ1) is 8.49.